The van der Waals surface area contributed by atoms with E-state index in [0.717, 1.165) is 30.3 Å². The van der Waals surface area contributed by atoms with Crippen LogP contribution < -0.4 is 0 Å². The van der Waals surface area contributed by atoms with E-state index in [1.165, 1.54) is 12.1 Å². The molecule has 0 unspecified atom stereocenters. The molecular formula is C15H19F3Si. The van der Waals surface area contributed by atoms with Crippen molar-refractivity contribution in [1.82, 2.24) is 0 Å². The molecule has 104 valence electrons. The Kier molecular flexibility index (Phi) is 5.25. The summed E-state index contributed by atoms with van der Waals surface area (Å²) in [6.45, 7) is 6.46. The van der Waals surface area contributed by atoms with Crippen molar-refractivity contribution in [2.24, 2.45) is 0 Å². The van der Waals surface area contributed by atoms with Crippen LogP contribution in [0.3, 0.4) is 0 Å². The lowest BCUT2D eigenvalue weighted by Crippen LogP contribution is -2.29. The van der Waals surface area contributed by atoms with Crippen molar-refractivity contribution in [2.75, 3.05) is 0 Å². The summed E-state index contributed by atoms with van der Waals surface area (Å²) >= 11 is 0. The van der Waals surface area contributed by atoms with Gasteiger partial charge >= 0.3 is 6.18 Å². The van der Waals surface area contributed by atoms with Crippen molar-refractivity contribution < 1.29 is 13.2 Å². The fourth-order valence-electron chi connectivity index (χ4n) is 1.96. The largest absolute Gasteiger partial charge is 0.416 e. The number of halogens is 3. The van der Waals surface area contributed by atoms with Crippen molar-refractivity contribution in [3.8, 4) is 11.5 Å². The highest BCUT2D eigenvalue weighted by Gasteiger charge is 2.30. The zero-order valence-electron chi connectivity index (χ0n) is 11.6. The molecule has 19 heavy (non-hydrogen) atoms. The molecule has 1 rings (SSSR count). The lowest BCUT2D eigenvalue weighted by Gasteiger charge is -2.20. The highest BCUT2D eigenvalue weighted by atomic mass is 28.3. The van der Waals surface area contributed by atoms with Gasteiger partial charge in [0.1, 0.15) is 8.07 Å². The average Bonchev–Trinajstić information content (AvgIpc) is 2.40. The van der Waals surface area contributed by atoms with Crippen molar-refractivity contribution >= 4 is 8.07 Å². The van der Waals surface area contributed by atoms with Crippen LogP contribution in [-0.2, 0) is 6.18 Å². The molecule has 0 nitrogen and oxygen atoms in total. The molecule has 0 spiro atoms. The van der Waals surface area contributed by atoms with E-state index in [2.05, 4.69) is 32.2 Å². The van der Waals surface area contributed by atoms with Gasteiger partial charge in [-0.1, -0.05) is 26.7 Å². The van der Waals surface area contributed by atoms with Crippen molar-refractivity contribution in [1.29, 1.82) is 0 Å². The molecule has 0 radical (unpaired) electrons. The summed E-state index contributed by atoms with van der Waals surface area (Å²) in [4.78, 5) is 0. The van der Waals surface area contributed by atoms with Crippen LogP contribution in [0.1, 0.15) is 31.9 Å². The molecule has 4 heteroatoms. The van der Waals surface area contributed by atoms with E-state index in [1.54, 1.807) is 0 Å². The van der Waals surface area contributed by atoms with Gasteiger partial charge in [0.2, 0.25) is 0 Å². The molecule has 0 N–H and O–H groups in total. The maximum atomic E-state index is 12.4. The second-order valence-electron chi connectivity index (χ2n) is 4.67. The van der Waals surface area contributed by atoms with E-state index in [1.807, 2.05) is 0 Å². The van der Waals surface area contributed by atoms with Gasteiger partial charge in [-0.05, 0) is 42.4 Å². The standard InChI is InChI=1S/C15H19F3Si/c1-4-19(5-2,6-3)12-11-13-7-9-14(10-8-13)15(16,17)18/h7-10H,4-6H2,1-3H3. The van der Waals surface area contributed by atoms with Crippen LogP contribution in [0.25, 0.3) is 0 Å². The van der Waals surface area contributed by atoms with Crippen molar-refractivity contribution in [3.05, 3.63) is 35.4 Å². The van der Waals surface area contributed by atoms with Crippen LogP contribution in [-0.4, -0.2) is 8.07 Å². The van der Waals surface area contributed by atoms with Crippen molar-refractivity contribution in [3.63, 3.8) is 0 Å². The fraction of sp³-hybridized carbons (Fsp3) is 0.467. The third-order valence-electron chi connectivity index (χ3n) is 3.71. The lowest BCUT2D eigenvalue weighted by molar-refractivity contribution is -0.137. The molecule has 1 aromatic carbocycles. The predicted octanol–water partition coefficient (Wildman–Crippen LogP) is 5.10. The summed E-state index contributed by atoms with van der Waals surface area (Å²) in [6, 6.07) is 8.37. The molecule has 0 aliphatic carbocycles. The SMILES string of the molecule is CC[Si](C#Cc1ccc(C(F)(F)F)cc1)(CC)CC. The van der Waals surface area contributed by atoms with Gasteiger partial charge in [-0.25, -0.2) is 0 Å². The quantitative estimate of drug-likeness (QED) is 0.535. The molecule has 0 heterocycles. The molecule has 0 fully saturated rings. The van der Waals surface area contributed by atoms with E-state index in [0.29, 0.717) is 5.56 Å². The summed E-state index contributed by atoms with van der Waals surface area (Å²) in [5.41, 5.74) is 3.41. The Morgan fingerprint density at radius 1 is 0.947 bits per heavy atom. The van der Waals surface area contributed by atoms with Crippen LogP contribution in [0.5, 0.6) is 0 Å². The topological polar surface area (TPSA) is 0 Å². The molecule has 0 atom stereocenters. The van der Waals surface area contributed by atoms with E-state index >= 15 is 0 Å². The zero-order valence-corrected chi connectivity index (χ0v) is 12.6. The smallest absolute Gasteiger partial charge is 0.166 e. The van der Waals surface area contributed by atoms with Gasteiger partial charge in [0.25, 0.3) is 0 Å². The normalized spacial score (nSPS) is 11.9. The first kappa shape index (κ1) is 15.8. The maximum Gasteiger partial charge on any atom is 0.416 e. The van der Waals surface area contributed by atoms with Crippen LogP contribution in [0.15, 0.2) is 24.3 Å². The van der Waals surface area contributed by atoms with Crippen LogP contribution in [0.2, 0.25) is 18.1 Å². The van der Waals surface area contributed by atoms with Gasteiger partial charge in [0.15, 0.2) is 0 Å². The molecule has 0 amide bonds. The number of alkyl halides is 3. The molecule has 0 saturated carbocycles. The number of hydrogen-bond acceptors (Lipinski definition) is 0. The second kappa shape index (κ2) is 6.29. The van der Waals surface area contributed by atoms with Gasteiger partial charge in [-0.2, -0.15) is 13.2 Å². The van der Waals surface area contributed by atoms with Gasteiger partial charge in [0.05, 0.1) is 5.56 Å². The number of hydrogen-bond donors (Lipinski definition) is 0. The monoisotopic (exact) mass is 284 g/mol. The Balaban J connectivity index is 2.96. The summed E-state index contributed by atoms with van der Waals surface area (Å²) < 4.78 is 37.3. The lowest BCUT2D eigenvalue weighted by atomic mass is 10.1. The summed E-state index contributed by atoms with van der Waals surface area (Å²) in [5.74, 6) is 3.06. The van der Waals surface area contributed by atoms with Gasteiger partial charge in [0, 0.05) is 5.56 Å². The molecular weight excluding hydrogens is 265 g/mol. The highest BCUT2D eigenvalue weighted by molar-refractivity contribution is 6.87. The summed E-state index contributed by atoms with van der Waals surface area (Å²) in [6.07, 6.45) is -4.28. The number of rotatable bonds is 3. The summed E-state index contributed by atoms with van der Waals surface area (Å²) in [7, 11) is -1.53. The van der Waals surface area contributed by atoms with E-state index in [-0.39, 0.29) is 0 Å². The minimum Gasteiger partial charge on any atom is -0.166 e. The van der Waals surface area contributed by atoms with Gasteiger partial charge < -0.3 is 0 Å². The first-order valence-corrected chi connectivity index (χ1v) is 9.19. The molecule has 0 saturated heterocycles. The fourth-order valence-corrected chi connectivity index (χ4v) is 4.40. The first-order chi connectivity index (χ1) is 8.87. The van der Waals surface area contributed by atoms with E-state index in [9.17, 15) is 13.2 Å². The Bertz CT molecular complexity index is 451. The average molecular weight is 284 g/mol. The zero-order chi connectivity index (χ0) is 14.5. The highest BCUT2D eigenvalue weighted by Crippen LogP contribution is 2.29. The van der Waals surface area contributed by atoms with Gasteiger partial charge in [-0.3, -0.25) is 0 Å². The molecule has 0 aliphatic rings. The van der Waals surface area contributed by atoms with E-state index in [4.69, 9.17) is 0 Å². The molecule has 0 aromatic heterocycles. The predicted molar refractivity (Wildman–Crippen MR) is 75.5 cm³/mol. The first-order valence-electron chi connectivity index (χ1n) is 6.57. The Hall–Kier alpha value is -1.21. The van der Waals surface area contributed by atoms with Gasteiger partial charge in [-0.15, -0.1) is 5.54 Å². The Morgan fingerprint density at radius 2 is 1.42 bits per heavy atom. The molecule has 1 aromatic rings. The number of benzene rings is 1. The van der Waals surface area contributed by atoms with Crippen molar-refractivity contribution in [2.45, 2.75) is 45.1 Å². The second-order valence-corrected chi connectivity index (χ2v) is 9.60. The third-order valence-corrected chi connectivity index (χ3v) is 8.43. The van der Waals surface area contributed by atoms with E-state index < -0.39 is 19.8 Å². The molecule has 0 aliphatic heterocycles. The van der Waals surface area contributed by atoms with Crippen LogP contribution in [0, 0.1) is 11.5 Å². The third kappa shape index (κ3) is 4.14. The van der Waals surface area contributed by atoms with Crippen LogP contribution >= 0.6 is 0 Å². The Morgan fingerprint density at radius 3 is 1.79 bits per heavy atom. The summed E-state index contributed by atoms with van der Waals surface area (Å²) in [5, 5.41) is 0. The maximum absolute atomic E-state index is 12.4. The Labute approximate surface area is 114 Å². The van der Waals surface area contributed by atoms with Crippen LogP contribution in [0.4, 0.5) is 13.2 Å². The minimum atomic E-state index is -4.28. The molecule has 0 bridgehead atoms. The minimum absolute atomic E-state index is 0.622.